The van der Waals surface area contributed by atoms with Gasteiger partial charge in [-0.2, -0.15) is 0 Å². The predicted molar refractivity (Wildman–Crippen MR) is 121 cm³/mol. The molecule has 0 atom stereocenters. The lowest BCUT2D eigenvalue weighted by Crippen LogP contribution is -2.22. The molecule has 8 heteroatoms. The summed E-state index contributed by atoms with van der Waals surface area (Å²) in [5.41, 5.74) is 2.06. The molecule has 174 valence electrons. The largest absolute Gasteiger partial charge is 0.495 e. The highest BCUT2D eigenvalue weighted by atomic mass is 16.5. The van der Waals surface area contributed by atoms with E-state index in [0.717, 1.165) is 5.56 Å². The van der Waals surface area contributed by atoms with E-state index in [9.17, 15) is 9.59 Å². The summed E-state index contributed by atoms with van der Waals surface area (Å²) in [6.45, 7) is 5.80. The van der Waals surface area contributed by atoms with Gasteiger partial charge in [0, 0.05) is 0 Å². The van der Waals surface area contributed by atoms with E-state index in [4.69, 9.17) is 23.7 Å². The first-order chi connectivity index (χ1) is 15.1. The fourth-order valence-corrected chi connectivity index (χ4v) is 3.06. The zero-order valence-electron chi connectivity index (χ0n) is 19.7. The molecule has 0 aliphatic carbocycles. The van der Waals surface area contributed by atoms with Crippen LogP contribution >= 0.6 is 0 Å². The molecule has 0 heterocycles. The Kier molecular flexibility index (Phi) is 8.34. The van der Waals surface area contributed by atoms with Crippen LogP contribution in [0.15, 0.2) is 30.3 Å². The van der Waals surface area contributed by atoms with E-state index in [0.29, 0.717) is 34.2 Å². The molecule has 2 aromatic rings. The summed E-state index contributed by atoms with van der Waals surface area (Å²) in [4.78, 5) is 24.7. The van der Waals surface area contributed by atoms with Crippen molar-refractivity contribution in [1.82, 2.24) is 0 Å². The number of esters is 1. The fraction of sp³-hybridized carbons (Fsp3) is 0.417. The highest BCUT2D eigenvalue weighted by molar-refractivity contribution is 5.94. The number of ether oxygens (including phenoxy) is 5. The minimum atomic E-state index is -0.565. The van der Waals surface area contributed by atoms with Gasteiger partial charge in [-0.05, 0) is 40.8 Å². The molecule has 0 aliphatic rings. The number of methoxy groups -OCH3 is 4. The summed E-state index contributed by atoms with van der Waals surface area (Å²) >= 11 is 0. The lowest BCUT2D eigenvalue weighted by molar-refractivity contribution is -0.146. The van der Waals surface area contributed by atoms with Crippen LogP contribution in [0.25, 0.3) is 0 Å². The maximum absolute atomic E-state index is 12.4. The average Bonchev–Trinajstić information content (AvgIpc) is 2.76. The van der Waals surface area contributed by atoms with Gasteiger partial charge in [-0.25, -0.2) is 0 Å². The third-order valence-electron chi connectivity index (χ3n) is 4.78. The van der Waals surface area contributed by atoms with Crippen molar-refractivity contribution in [3.05, 3.63) is 41.5 Å². The first-order valence-electron chi connectivity index (χ1n) is 10.1. The summed E-state index contributed by atoms with van der Waals surface area (Å²) < 4.78 is 26.3. The molecule has 0 saturated heterocycles. The highest BCUT2D eigenvalue weighted by Gasteiger charge is 2.19. The summed E-state index contributed by atoms with van der Waals surface area (Å²) in [5.74, 6) is 0.780. The second-order valence-corrected chi connectivity index (χ2v) is 8.08. The minimum Gasteiger partial charge on any atom is -0.495 e. The number of carbonyl (C=O) groups is 2. The molecular formula is C24H31NO7. The Labute approximate surface area is 188 Å². The average molecular weight is 446 g/mol. The number of nitrogens with one attached hydrogen (secondary N) is 1. The van der Waals surface area contributed by atoms with E-state index in [2.05, 4.69) is 26.1 Å². The summed E-state index contributed by atoms with van der Waals surface area (Å²) in [7, 11) is 6.01. The van der Waals surface area contributed by atoms with Gasteiger partial charge in [0.25, 0.3) is 5.91 Å². The molecule has 0 fully saturated rings. The molecule has 0 aromatic heterocycles. The van der Waals surface area contributed by atoms with Crippen LogP contribution in [0.3, 0.4) is 0 Å². The Morgan fingerprint density at radius 3 is 1.94 bits per heavy atom. The molecule has 2 aromatic carbocycles. The molecule has 1 amide bonds. The number of benzene rings is 2. The third kappa shape index (κ3) is 6.29. The van der Waals surface area contributed by atoms with Crippen LogP contribution in [0, 0.1) is 0 Å². The van der Waals surface area contributed by atoms with E-state index < -0.39 is 18.5 Å². The second-order valence-electron chi connectivity index (χ2n) is 8.08. The zero-order valence-corrected chi connectivity index (χ0v) is 19.7. The van der Waals surface area contributed by atoms with Crippen molar-refractivity contribution in [2.75, 3.05) is 40.4 Å². The van der Waals surface area contributed by atoms with Crippen LogP contribution in [0.4, 0.5) is 5.69 Å². The van der Waals surface area contributed by atoms with Crippen molar-refractivity contribution in [3.63, 3.8) is 0 Å². The maximum atomic E-state index is 12.4. The topological polar surface area (TPSA) is 92.3 Å². The van der Waals surface area contributed by atoms with Gasteiger partial charge in [0.2, 0.25) is 5.75 Å². The van der Waals surface area contributed by atoms with Gasteiger partial charge >= 0.3 is 5.97 Å². The molecule has 0 spiro atoms. The lowest BCUT2D eigenvalue weighted by Gasteiger charge is -2.21. The maximum Gasteiger partial charge on any atom is 0.310 e. The number of rotatable bonds is 9. The van der Waals surface area contributed by atoms with Crippen molar-refractivity contribution in [2.24, 2.45) is 0 Å². The van der Waals surface area contributed by atoms with Gasteiger partial charge < -0.3 is 29.0 Å². The summed E-state index contributed by atoms with van der Waals surface area (Å²) in [6.07, 6.45) is -0.0627. The number of carbonyl (C=O) groups excluding carboxylic acids is 2. The van der Waals surface area contributed by atoms with Crippen molar-refractivity contribution >= 4 is 17.6 Å². The number of hydrogen-bond donors (Lipinski definition) is 1. The number of anilines is 1. The molecule has 32 heavy (non-hydrogen) atoms. The predicted octanol–water partition coefficient (Wildman–Crippen LogP) is 3.74. The van der Waals surface area contributed by atoms with Gasteiger partial charge in [0.05, 0.1) is 40.5 Å². The lowest BCUT2D eigenvalue weighted by atomic mass is 9.87. The number of amides is 1. The van der Waals surface area contributed by atoms with Gasteiger partial charge in [-0.15, -0.1) is 0 Å². The smallest absolute Gasteiger partial charge is 0.310 e. The number of hydrogen-bond acceptors (Lipinski definition) is 7. The van der Waals surface area contributed by atoms with E-state index in [1.807, 2.05) is 12.1 Å². The molecular weight excluding hydrogens is 414 g/mol. The zero-order chi connectivity index (χ0) is 23.9. The first kappa shape index (κ1) is 24.8. The van der Waals surface area contributed by atoms with Crippen LogP contribution < -0.4 is 24.3 Å². The standard InChI is InChI=1S/C24H31NO7/c1-24(2,3)16-8-9-18(28-4)17(13-16)25-21(26)14-32-22(27)12-15-10-19(29-5)23(31-7)20(11-15)30-6/h8-11,13H,12,14H2,1-7H3,(H,25,26). The van der Waals surface area contributed by atoms with Crippen LogP contribution in [0.5, 0.6) is 23.0 Å². The second kappa shape index (κ2) is 10.7. The monoisotopic (exact) mass is 445 g/mol. The van der Waals surface area contributed by atoms with E-state index in [-0.39, 0.29) is 11.8 Å². The van der Waals surface area contributed by atoms with Crippen LogP contribution in [0.2, 0.25) is 0 Å². The molecule has 0 radical (unpaired) electrons. The minimum absolute atomic E-state index is 0.0627. The van der Waals surface area contributed by atoms with Crippen molar-refractivity contribution < 1.29 is 33.3 Å². The SMILES string of the molecule is COc1ccc(C(C)(C)C)cc1NC(=O)COC(=O)Cc1cc(OC)c(OC)c(OC)c1. The van der Waals surface area contributed by atoms with Crippen molar-refractivity contribution in [1.29, 1.82) is 0 Å². The summed E-state index contributed by atoms with van der Waals surface area (Å²) in [6, 6.07) is 8.92. The Hall–Kier alpha value is -3.42. The van der Waals surface area contributed by atoms with E-state index >= 15 is 0 Å². The van der Waals surface area contributed by atoms with Crippen molar-refractivity contribution in [3.8, 4) is 23.0 Å². The van der Waals surface area contributed by atoms with Crippen LogP contribution in [-0.4, -0.2) is 46.9 Å². The quantitative estimate of drug-likeness (QED) is 0.588. The Morgan fingerprint density at radius 2 is 1.44 bits per heavy atom. The van der Waals surface area contributed by atoms with E-state index in [1.54, 1.807) is 18.2 Å². The van der Waals surface area contributed by atoms with Gasteiger partial charge in [0.15, 0.2) is 18.1 Å². The molecule has 8 nitrogen and oxygen atoms in total. The molecule has 2 rings (SSSR count). The van der Waals surface area contributed by atoms with Crippen LogP contribution in [-0.2, 0) is 26.2 Å². The molecule has 0 bridgehead atoms. The van der Waals surface area contributed by atoms with Gasteiger partial charge in [0.1, 0.15) is 5.75 Å². The Bertz CT molecular complexity index is 938. The molecule has 0 saturated carbocycles. The third-order valence-corrected chi connectivity index (χ3v) is 4.78. The first-order valence-corrected chi connectivity index (χ1v) is 10.1. The van der Waals surface area contributed by atoms with Crippen LogP contribution in [0.1, 0.15) is 31.9 Å². The molecule has 0 unspecified atom stereocenters. The van der Waals surface area contributed by atoms with Gasteiger partial charge in [-0.1, -0.05) is 26.8 Å². The Balaban J connectivity index is 2.03. The van der Waals surface area contributed by atoms with Crippen molar-refractivity contribution in [2.45, 2.75) is 32.6 Å². The summed E-state index contributed by atoms with van der Waals surface area (Å²) in [5, 5.41) is 2.75. The molecule has 0 aliphatic heterocycles. The van der Waals surface area contributed by atoms with E-state index in [1.165, 1.54) is 28.4 Å². The molecule has 1 N–H and O–H groups in total. The van der Waals surface area contributed by atoms with Gasteiger partial charge in [-0.3, -0.25) is 9.59 Å². The normalized spacial score (nSPS) is 10.8. The Morgan fingerprint density at radius 1 is 0.844 bits per heavy atom. The highest BCUT2D eigenvalue weighted by Crippen LogP contribution is 2.38. The fourth-order valence-electron chi connectivity index (χ4n) is 3.06.